The number of carbonyl (C=O) groups is 2. The van der Waals surface area contributed by atoms with E-state index in [9.17, 15) is 9.59 Å². The number of anilines is 1. The van der Waals surface area contributed by atoms with Crippen molar-refractivity contribution in [3.8, 4) is 0 Å². The normalized spacial score (nSPS) is 15.7. The SMILES string of the molecule is Cc1cccc(C(=O)Nc2ncc3c(n2)C[C@@H](c2ccc(C(C)C)cc2)CC3=O)c1. The van der Waals surface area contributed by atoms with Crippen LogP contribution in [0.15, 0.2) is 54.7 Å². The number of nitrogens with one attached hydrogen (secondary N) is 1. The first-order chi connectivity index (χ1) is 14.4. The van der Waals surface area contributed by atoms with Crippen LogP contribution in [-0.4, -0.2) is 21.7 Å². The van der Waals surface area contributed by atoms with Crippen molar-refractivity contribution in [2.45, 2.75) is 45.4 Å². The topological polar surface area (TPSA) is 72.0 Å². The van der Waals surface area contributed by atoms with E-state index in [1.165, 1.54) is 11.8 Å². The van der Waals surface area contributed by atoms with E-state index in [0.717, 1.165) is 11.1 Å². The molecule has 1 amide bonds. The quantitative estimate of drug-likeness (QED) is 0.664. The number of nitrogens with zero attached hydrogens (tertiary/aromatic N) is 2. The fraction of sp³-hybridized carbons (Fsp3) is 0.280. The van der Waals surface area contributed by atoms with E-state index in [1.807, 2.05) is 25.1 Å². The molecule has 0 fully saturated rings. The molecule has 0 spiro atoms. The molecule has 0 radical (unpaired) electrons. The van der Waals surface area contributed by atoms with E-state index >= 15 is 0 Å². The minimum Gasteiger partial charge on any atom is -0.294 e. The van der Waals surface area contributed by atoms with Crippen molar-refractivity contribution < 1.29 is 9.59 Å². The smallest absolute Gasteiger partial charge is 0.258 e. The van der Waals surface area contributed by atoms with Crippen molar-refractivity contribution in [3.05, 3.63) is 88.2 Å². The molecule has 0 saturated heterocycles. The van der Waals surface area contributed by atoms with Crippen LogP contribution in [0.25, 0.3) is 0 Å². The predicted molar refractivity (Wildman–Crippen MR) is 117 cm³/mol. The number of aromatic nitrogens is 2. The lowest BCUT2D eigenvalue weighted by molar-refractivity contribution is 0.0962. The standard InChI is InChI=1S/C25H25N3O2/c1-15(2)17-7-9-18(10-8-17)20-12-22-21(23(29)13-20)14-26-25(27-22)28-24(30)19-6-4-5-16(3)11-19/h4-11,14-15,20H,12-13H2,1-3H3,(H,26,27,28,30)/t20-/m1/s1. The summed E-state index contributed by atoms with van der Waals surface area (Å²) in [5, 5.41) is 2.75. The first-order valence-electron chi connectivity index (χ1n) is 10.3. The zero-order valence-electron chi connectivity index (χ0n) is 17.5. The Morgan fingerprint density at radius 1 is 1.10 bits per heavy atom. The van der Waals surface area contributed by atoms with Gasteiger partial charge in [-0.05, 0) is 48.4 Å². The van der Waals surface area contributed by atoms with Crippen LogP contribution in [0.3, 0.4) is 0 Å². The lowest BCUT2D eigenvalue weighted by Crippen LogP contribution is -2.22. The molecule has 0 unspecified atom stereocenters. The van der Waals surface area contributed by atoms with Crippen LogP contribution in [0.2, 0.25) is 0 Å². The predicted octanol–water partition coefficient (Wildman–Crippen LogP) is 5.07. The van der Waals surface area contributed by atoms with Crippen LogP contribution in [0.5, 0.6) is 0 Å². The highest BCUT2D eigenvalue weighted by atomic mass is 16.1. The summed E-state index contributed by atoms with van der Waals surface area (Å²) in [6, 6.07) is 15.8. The molecule has 152 valence electrons. The molecule has 5 nitrogen and oxygen atoms in total. The number of ketones is 1. The van der Waals surface area contributed by atoms with Gasteiger partial charge in [0.2, 0.25) is 5.95 Å². The number of rotatable bonds is 4. The van der Waals surface area contributed by atoms with Crippen LogP contribution >= 0.6 is 0 Å². The Labute approximate surface area is 176 Å². The minimum atomic E-state index is -0.262. The second kappa shape index (κ2) is 8.19. The summed E-state index contributed by atoms with van der Waals surface area (Å²) in [5.41, 5.74) is 5.23. The van der Waals surface area contributed by atoms with Gasteiger partial charge in [-0.1, -0.05) is 55.8 Å². The molecular formula is C25H25N3O2. The zero-order valence-corrected chi connectivity index (χ0v) is 17.5. The number of hydrogen-bond donors (Lipinski definition) is 1. The molecule has 5 heteroatoms. The van der Waals surface area contributed by atoms with Gasteiger partial charge >= 0.3 is 0 Å². The van der Waals surface area contributed by atoms with E-state index in [4.69, 9.17) is 0 Å². The van der Waals surface area contributed by atoms with Gasteiger partial charge in [0, 0.05) is 18.2 Å². The lowest BCUT2D eigenvalue weighted by atomic mass is 9.81. The van der Waals surface area contributed by atoms with E-state index in [2.05, 4.69) is 53.4 Å². The monoisotopic (exact) mass is 399 g/mol. The molecule has 1 aliphatic carbocycles. The van der Waals surface area contributed by atoms with Gasteiger partial charge in [-0.15, -0.1) is 0 Å². The molecule has 0 aliphatic heterocycles. The molecular weight excluding hydrogens is 374 g/mol. The number of aryl methyl sites for hydroxylation is 1. The van der Waals surface area contributed by atoms with E-state index in [0.29, 0.717) is 35.6 Å². The Hall–Kier alpha value is -3.34. The Kier molecular flexibility index (Phi) is 5.44. The van der Waals surface area contributed by atoms with Gasteiger partial charge in [0.1, 0.15) is 0 Å². The number of amides is 1. The molecule has 2 aromatic carbocycles. The average molecular weight is 399 g/mol. The molecule has 4 rings (SSSR count). The van der Waals surface area contributed by atoms with E-state index < -0.39 is 0 Å². The zero-order chi connectivity index (χ0) is 21.3. The summed E-state index contributed by atoms with van der Waals surface area (Å²) in [7, 11) is 0. The highest BCUT2D eigenvalue weighted by molar-refractivity contribution is 6.03. The second-order valence-electron chi connectivity index (χ2n) is 8.23. The molecule has 3 aromatic rings. The molecule has 0 bridgehead atoms. The van der Waals surface area contributed by atoms with Gasteiger partial charge in [-0.2, -0.15) is 0 Å². The van der Waals surface area contributed by atoms with E-state index in [-0.39, 0.29) is 23.6 Å². The molecule has 1 N–H and O–H groups in total. The van der Waals surface area contributed by atoms with Crippen LogP contribution < -0.4 is 5.32 Å². The Balaban J connectivity index is 1.55. The average Bonchev–Trinajstić information content (AvgIpc) is 2.73. The van der Waals surface area contributed by atoms with Crippen molar-refractivity contribution in [1.82, 2.24) is 9.97 Å². The third-order valence-electron chi connectivity index (χ3n) is 5.62. The van der Waals surface area contributed by atoms with Gasteiger partial charge in [0.15, 0.2) is 5.78 Å². The largest absolute Gasteiger partial charge is 0.294 e. The summed E-state index contributed by atoms with van der Waals surface area (Å²) in [6.45, 7) is 6.27. The Bertz CT molecular complexity index is 1100. The molecule has 1 atom stereocenters. The number of hydrogen-bond acceptors (Lipinski definition) is 4. The summed E-state index contributed by atoms with van der Waals surface area (Å²) >= 11 is 0. The number of fused-ring (bicyclic) bond motifs is 1. The maximum atomic E-state index is 12.7. The maximum absolute atomic E-state index is 12.7. The van der Waals surface area contributed by atoms with Crippen LogP contribution in [0.1, 0.15) is 75.2 Å². The summed E-state index contributed by atoms with van der Waals surface area (Å²) in [4.78, 5) is 33.9. The Morgan fingerprint density at radius 2 is 1.87 bits per heavy atom. The summed E-state index contributed by atoms with van der Waals surface area (Å²) < 4.78 is 0. The first-order valence-corrected chi connectivity index (χ1v) is 10.3. The molecule has 30 heavy (non-hydrogen) atoms. The van der Waals surface area contributed by atoms with Crippen molar-refractivity contribution in [2.75, 3.05) is 5.32 Å². The van der Waals surface area contributed by atoms with Gasteiger partial charge < -0.3 is 0 Å². The fourth-order valence-electron chi connectivity index (χ4n) is 3.85. The fourth-order valence-corrected chi connectivity index (χ4v) is 3.85. The van der Waals surface area contributed by atoms with Crippen LogP contribution in [0.4, 0.5) is 5.95 Å². The van der Waals surface area contributed by atoms with Gasteiger partial charge in [-0.25, -0.2) is 9.97 Å². The van der Waals surface area contributed by atoms with Crippen molar-refractivity contribution in [2.24, 2.45) is 0 Å². The lowest BCUT2D eigenvalue weighted by Gasteiger charge is -2.23. The molecule has 0 saturated carbocycles. The maximum Gasteiger partial charge on any atom is 0.258 e. The first kappa shape index (κ1) is 20.0. The van der Waals surface area contributed by atoms with Gasteiger partial charge in [0.25, 0.3) is 5.91 Å². The number of benzene rings is 2. The second-order valence-corrected chi connectivity index (χ2v) is 8.23. The van der Waals surface area contributed by atoms with Crippen molar-refractivity contribution >= 4 is 17.6 Å². The molecule has 1 aromatic heterocycles. The third-order valence-corrected chi connectivity index (χ3v) is 5.62. The highest BCUT2D eigenvalue weighted by Gasteiger charge is 2.28. The van der Waals surface area contributed by atoms with Crippen LogP contribution in [0, 0.1) is 6.92 Å². The van der Waals surface area contributed by atoms with Crippen LogP contribution in [-0.2, 0) is 6.42 Å². The third kappa shape index (κ3) is 4.15. The van der Waals surface area contributed by atoms with Crippen molar-refractivity contribution in [1.29, 1.82) is 0 Å². The summed E-state index contributed by atoms with van der Waals surface area (Å²) in [5.74, 6) is 0.567. The van der Waals surface area contributed by atoms with E-state index in [1.54, 1.807) is 6.07 Å². The number of carbonyl (C=O) groups excluding carboxylic acids is 2. The number of Topliss-reactive ketones (excluding diaryl/α,β-unsaturated/α-hetero) is 1. The highest BCUT2D eigenvalue weighted by Crippen LogP contribution is 2.32. The molecule has 1 aliphatic rings. The minimum absolute atomic E-state index is 0.0470. The van der Waals surface area contributed by atoms with Gasteiger partial charge in [-0.3, -0.25) is 14.9 Å². The Morgan fingerprint density at radius 3 is 2.57 bits per heavy atom. The molecule has 1 heterocycles. The van der Waals surface area contributed by atoms with Crippen molar-refractivity contribution in [3.63, 3.8) is 0 Å². The van der Waals surface area contributed by atoms with Gasteiger partial charge in [0.05, 0.1) is 11.3 Å². The summed E-state index contributed by atoms with van der Waals surface area (Å²) in [6.07, 6.45) is 2.64.